The summed E-state index contributed by atoms with van der Waals surface area (Å²) < 4.78 is 34.7. The number of rotatable bonds is 9. The number of halogens is 2. The number of ether oxygens (including phenoxy) is 2. The van der Waals surface area contributed by atoms with E-state index in [1.165, 1.54) is 6.07 Å². The van der Waals surface area contributed by atoms with Crippen molar-refractivity contribution in [3.05, 3.63) is 23.8 Å². The van der Waals surface area contributed by atoms with Crippen LogP contribution in [0.15, 0.2) is 23.2 Å². The average molecular weight is 343 g/mol. The van der Waals surface area contributed by atoms with Crippen molar-refractivity contribution < 1.29 is 18.3 Å². The van der Waals surface area contributed by atoms with Gasteiger partial charge in [0.2, 0.25) is 0 Å². The summed E-state index contributed by atoms with van der Waals surface area (Å²) in [5.74, 6) is 1.14. The molecule has 0 radical (unpaired) electrons. The lowest BCUT2D eigenvalue weighted by Gasteiger charge is -2.22. The van der Waals surface area contributed by atoms with Crippen molar-refractivity contribution in [3.8, 4) is 11.5 Å². The van der Waals surface area contributed by atoms with Gasteiger partial charge in [-0.1, -0.05) is 19.4 Å². The molecule has 0 unspecified atom stereocenters. The first kappa shape index (κ1) is 20.0. The fourth-order valence-corrected chi connectivity index (χ4v) is 2.19. The lowest BCUT2D eigenvalue weighted by atomic mass is 10.2. The molecular weight excluding hydrogens is 316 g/mol. The Kier molecular flexibility index (Phi) is 8.89. The molecule has 0 aliphatic rings. The van der Waals surface area contributed by atoms with E-state index < -0.39 is 6.61 Å². The largest absolute Gasteiger partial charge is 0.490 e. The van der Waals surface area contributed by atoms with E-state index in [0.717, 1.165) is 30.9 Å². The third-order valence-corrected chi connectivity index (χ3v) is 3.40. The van der Waals surface area contributed by atoms with Crippen LogP contribution in [0.5, 0.6) is 11.5 Å². The Balaban J connectivity index is 2.74. The van der Waals surface area contributed by atoms with Crippen molar-refractivity contribution >= 4 is 5.96 Å². The first-order chi connectivity index (χ1) is 11.5. The van der Waals surface area contributed by atoms with E-state index in [-0.39, 0.29) is 5.75 Å². The molecule has 0 aromatic heterocycles. The molecule has 0 heterocycles. The Morgan fingerprint density at radius 3 is 2.62 bits per heavy atom. The number of alkyl halides is 2. The number of nitrogens with one attached hydrogen (secondary N) is 1. The Hall–Kier alpha value is -2.05. The van der Waals surface area contributed by atoms with E-state index in [0.29, 0.717) is 18.9 Å². The van der Waals surface area contributed by atoms with Gasteiger partial charge < -0.3 is 19.7 Å². The predicted molar refractivity (Wildman–Crippen MR) is 92.0 cm³/mol. The zero-order valence-electron chi connectivity index (χ0n) is 14.8. The van der Waals surface area contributed by atoms with Crippen LogP contribution < -0.4 is 14.8 Å². The number of hydrogen-bond donors (Lipinski definition) is 1. The number of nitrogens with zero attached hydrogens (tertiary/aromatic N) is 2. The summed E-state index contributed by atoms with van der Waals surface area (Å²) in [6.45, 7) is 2.86. The number of guanidine groups is 1. The first-order valence-corrected chi connectivity index (χ1v) is 8.14. The van der Waals surface area contributed by atoms with Gasteiger partial charge in [-0.05, 0) is 31.0 Å². The van der Waals surface area contributed by atoms with Crippen LogP contribution in [0.3, 0.4) is 0 Å². The molecule has 1 aromatic carbocycles. The Labute approximate surface area is 142 Å². The lowest BCUT2D eigenvalue weighted by Crippen LogP contribution is -2.38. The van der Waals surface area contributed by atoms with Crippen LogP contribution in [0, 0.1) is 0 Å². The average Bonchev–Trinajstić information content (AvgIpc) is 2.55. The van der Waals surface area contributed by atoms with E-state index in [4.69, 9.17) is 4.74 Å². The predicted octanol–water partition coefficient (Wildman–Crippen LogP) is 3.49. The van der Waals surface area contributed by atoms with Crippen LogP contribution in [0.25, 0.3) is 0 Å². The number of aliphatic imine (C=N–C) groups is 1. The molecular formula is C17H27F2N3O2. The molecule has 24 heavy (non-hydrogen) atoms. The summed E-state index contributed by atoms with van der Waals surface area (Å²) in [6, 6.07) is 4.93. The smallest absolute Gasteiger partial charge is 0.387 e. The zero-order valence-corrected chi connectivity index (χ0v) is 14.8. The summed E-state index contributed by atoms with van der Waals surface area (Å²) >= 11 is 0. The van der Waals surface area contributed by atoms with Gasteiger partial charge in [0.15, 0.2) is 17.5 Å². The molecule has 0 saturated carbocycles. The van der Waals surface area contributed by atoms with E-state index in [1.807, 2.05) is 7.05 Å². The van der Waals surface area contributed by atoms with Gasteiger partial charge >= 0.3 is 6.61 Å². The first-order valence-electron chi connectivity index (χ1n) is 8.14. The maximum Gasteiger partial charge on any atom is 0.387 e. The molecule has 5 nitrogen and oxygen atoms in total. The van der Waals surface area contributed by atoms with E-state index in [2.05, 4.69) is 26.9 Å². The second kappa shape index (κ2) is 10.7. The van der Waals surface area contributed by atoms with Crippen LogP contribution in [0.2, 0.25) is 0 Å². The van der Waals surface area contributed by atoms with E-state index in [1.54, 1.807) is 26.1 Å². The normalized spacial score (nSPS) is 11.5. The monoisotopic (exact) mass is 343 g/mol. The van der Waals surface area contributed by atoms with Crippen LogP contribution in [-0.2, 0) is 6.54 Å². The second-order valence-electron chi connectivity index (χ2n) is 5.27. The molecule has 1 aromatic rings. The summed E-state index contributed by atoms with van der Waals surface area (Å²) in [6.07, 6.45) is 2.20. The standard InChI is InChI=1S/C17H27F2N3O2/c1-5-7-10-22(4)17(20-3)21-12-13-8-9-14(24-16(18)19)15(11-13)23-6-2/h8-9,11,16H,5-7,10,12H2,1-4H3,(H,20,21). The summed E-state index contributed by atoms with van der Waals surface area (Å²) in [5, 5.41) is 3.26. The summed E-state index contributed by atoms with van der Waals surface area (Å²) in [5.41, 5.74) is 0.894. The zero-order chi connectivity index (χ0) is 17.9. The van der Waals surface area contributed by atoms with Gasteiger partial charge in [0.25, 0.3) is 0 Å². The van der Waals surface area contributed by atoms with Crippen LogP contribution in [-0.4, -0.2) is 44.7 Å². The highest BCUT2D eigenvalue weighted by atomic mass is 19.3. The topological polar surface area (TPSA) is 46.1 Å². The molecule has 7 heteroatoms. The summed E-state index contributed by atoms with van der Waals surface area (Å²) in [7, 11) is 3.71. The van der Waals surface area contributed by atoms with Crippen molar-refractivity contribution in [1.29, 1.82) is 0 Å². The van der Waals surface area contributed by atoms with Crippen LogP contribution in [0.1, 0.15) is 32.3 Å². The van der Waals surface area contributed by atoms with E-state index in [9.17, 15) is 8.78 Å². The minimum absolute atomic E-state index is 0.0417. The van der Waals surface area contributed by atoms with Crippen LogP contribution >= 0.6 is 0 Å². The molecule has 1 N–H and O–H groups in total. The minimum atomic E-state index is -2.88. The molecule has 0 fully saturated rings. The van der Waals surface area contributed by atoms with Crippen molar-refractivity contribution in [2.45, 2.75) is 39.8 Å². The van der Waals surface area contributed by atoms with Crippen molar-refractivity contribution in [1.82, 2.24) is 10.2 Å². The highest BCUT2D eigenvalue weighted by molar-refractivity contribution is 5.79. The number of hydrogen-bond acceptors (Lipinski definition) is 3. The fourth-order valence-electron chi connectivity index (χ4n) is 2.19. The minimum Gasteiger partial charge on any atom is -0.490 e. The summed E-state index contributed by atoms with van der Waals surface area (Å²) in [4.78, 5) is 6.30. The van der Waals surface area contributed by atoms with E-state index >= 15 is 0 Å². The SMILES string of the molecule is CCCCN(C)C(=NC)NCc1ccc(OC(F)F)c(OCC)c1. The van der Waals surface area contributed by atoms with Gasteiger partial charge in [0.05, 0.1) is 6.61 Å². The molecule has 0 aliphatic heterocycles. The van der Waals surface area contributed by atoms with Gasteiger partial charge in [0.1, 0.15) is 0 Å². The Morgan fingerprint density at radius 1 is 1.29 bits per heavy atom. The maximum atomic E-state index is 12.4. The quantitative estimate of drug-likeness (QED) is 0.551. The number of unbranched alkanes of at least 4 members (excludes halogenated alkanes) is 1. The van der Waals surface area contributed by atoms with Gasteiger partial charge in [-0.2, -0.15) is 8.78 Å². The van der Waals surface area contributed by atoms with Gasteiger partial charge in [0, 0.05) is 27.2 Å². The number of benzene rings is 1. The molecule has 0 atom stereocenters. The molecule has 0 saturated heterocycles. The molecule has 0 bridgehead atoms. The van der Waals surface area contributed by atoms with Crippen molar-refractivity contribution in [2.24, 2.45) is 4.99 Å². The molecule has 0 spiro atoms. The van der Waals surface area contributed by atoms with Gasteiger partial charge in [-0.15, -0.1) is 0 Å². The van der Waals surface area contributed by atoms with Gasteiger partial charge in [-0.25, -0.2) is 0 Å². The third kappa shape index (κ3) is 6.60. The van der Waals surface area contributed by atoms with Crippen LogP contribution in [0.4, 0.5) is 8.78 Å². The maximum absolute atomic E-state index is 12.4. The molecule has 136 valence electrons. The molecule has 0 amide bonds. The molecule has 0 aliphatic carbocycles. The second-order valence-corrected chi connectivity index (χ2v) is 5.27. The van der Waals surface area contributed by atoms with Crippen molar-refractivity contribution in [3.63, 3.8) is 0 Å². The third-order valence-electron chi connectivity index (χ3n) is 3.40. The van der Waals surface area contributed by atoms with Gasteiger partial charge in [-0.3, -0.25) is 4.99 Å². The molecule has 1 rings (SSSR count). The Bertz CT molecular complexity index is 525. The fraction of sp³-hybridized carbons (Fsp3) is 0.588. The van der Waals surface area contributed by atoms with Crippen molar-refractivity contribution in [2.75, 3.05) is 27.2 Å². The highest BCUT2D eigenvalue weighted by Crippen LogP contribution is 2.29. The highest BCUT2D eigenvalue weighted by Gasteiger charge is 2.12. The Morgan fingerprint density at radius 2 is 2.04 bits per heavy atom. The lowest BCUT2D eigenvalue weighted by molar-refractivity contribution is -0.0514.